The van der Waals surface area contributed by atoms with Gasteiger partial charge in [0.2, 0.25) is 0 Å². The predicted octanol–water partition coefficient (Wildman–Crippen LogP) is 4.75. The molecule has 4 rings (SSSR count). The van der Waals surface area contributed by atoms with Gasteiger partial charge in [0.25, 0.3) is 11.1 Å². The fraction of sp³-hybridized carbons (Fsp3) is 0.300. The van der Waals surface area contributed by atoms with E-state index in [2.05, 4.69) is 20.9 Å². The number of ether oxygens (including phenoxy) is 2. The molecule has 1 fully saturated rings. The van der Waals surface area contributed by atoms with Gasteiger partial charge >= 0.3 is 0 Å². The zero-order valence-corrected chi connectivity index (χ0v) is 17.3. The predicted molar refractivity (Wildman–Crippen MR) is 110 cm³/mol. The summed E-state index contributed by atoms with van der Waals surface area (Å²) in [5.74, 6) is 0.894. The summed E-state index contributed by atoms with van der Waals surface area (Å²) in [6.45, 7) is 1.39. The van der Waals surface area contributed by atoms with E-state index in [0.29, 0.717) is 18.3 Å². The van der Waals surface area contributed by atoms with Crippen molar-refractivity contribution in [1.82, 2.24) is 9.88 Å². The van der Waals surface area contributed by atoms with Crippen LogP contribution in [0.4, 0.5) is 0 Å². The number of likely N-dealkylation sites (tertiary alicyclic amines) is 1. The molecule has 0 unspecified atom stereocenters. The van der Waals surface area contributed by atoms with Gasteiger partial charge < -0.3 is 14.4 Å². The molecule has 140 valence electrons. The second kappa shape index (κ2) is 7.86. The number of thiazole rings is 1. The largest absolute Gasteiger partial charge is 0.497 e. The molecule has 0 atom stereocenters. The van der Waals surface area contributed by atoms with E-state index in [1.165, 1.54) is 11.3 Å². The first-order valence-electron chi connectivity index (χ1n) is 8.78. The number of carbonyl (C=O) groups is 1. The van der Waals surface area contributed by atoms with Gasteiger partial charge in [-0.3, -0.25) is 4.79 Å². The van der Waals surface area contributed by atoms with Crippen molar-refractivity contribution < 1.29 is 14.3 Å². The number of halogens is 1. The molecular formula is C20H19BrN2O3S. The van der Waals surface area contributed by atoms with Crippen LogP contribution in [-0.4, -0.2) is 42.1 Å². The van der Waals surface area contributed by atoms with Crippen molar-refractivity contribution >= 4 is 43.4 Å². The molecule has 0 bridgehead atoms. The molecular weight excluding hydrogens is 428 g/mol. The third-order valence-electron chi connectivity index (χ3n) is 4.66. The standard InChI is InChI=1S/C20H19BrN2O3S/c1-25-16-6-7-17-18(12-16)27-20(22-17)26-15-8-10-23(11-9-15)19(24)13-2-4-14(21)5-3-13/h2-7,12,15H,8-11H2,1H3. The first-order valence-corrected chi connectivity index (χ1v) is 10.4. The van der Waals surface area contributed by atoms with Crippen LogP contribution >= 0.6 is 27.3 Å². The average molecular weight is 447 g/mol. The Morgan fingerprint density at radius 1 is 1.19 bits per heavy atom. The van der Waals surface area contributed by atoms with E-state index < -0.39 is 0 Å². The summed E-state index contributed by atoms with van der Waals surface area (Å²) < 4.78 is 13.4. The molecule has 2 heterocycles. The number of piperidine rings is 1. The molecule has 0 N–H and O–H groups in total. The Bertz CT molecular complexity index is 950. The number of fused-ring (bicyclic) bond motifs is 1. The Morgan fingerprint density at radius 2 is 1.93 bits per heavy atom. The highest BCUT2D eigenvalue weighted by Crippen LogP contribution is 2.32. The quantitative estimate of drug-likeness (QED) is 0.579. The third kappa shape index (κ3) is 4.09. The Balaban J connectivity index is 1.36. The molecule has 3 aromatic rings. The average Bonchev–Trinajstić information content (AvgIpc) is 3.10. The van der Waals surface area contributed by atoms with Gasteiger partial charge in [-0.2, -0.15) is 0 Å². The topological polar surface area (TPSA) is 51.7 Å². The molecule has 0 radical (unpaired) electrons. The molecule has 1 amide bonds. The summed E-state index contributed by atoms with van der Waals surface area (Å²) in [7, 11) is 1.66. The van der Waals surface area contributed by atoms with E-state index in [1.807, 2.05) is 47.4 Å². The summed E-state index contributed by atoms with van der Waals surface area (Å²) >= 11 is 4.92. The lowest BCUT2D eigenvalue weighted by Gasteiger charge is -2.31. The molecule has 27 heavy (non-hydrogen) atoms. The maximum Gasteiger partial charge on any atom is 0.274 e. The van der Waals surface area contributed by atoms with Crippen molar-refractivity contribution in [2.75, 3.05) is 20.2 Å². The lowest BCUT2D eigenvalue weighted by molar-refractivity contribution is 0.0595. The molecule has 0 spiro atoms. The summed E-state index contributed by atoms with van der Waals surface area (Å²) in [5.41, 5.74) is 1.64. The van der Waals surface area contributed by atoms with Crippen LogP contribution in [0, 0.1) is 0 Å². The normalized spacial score (nSPS) is 15.1. The van der Waals surface area contributed by atoms with Gasteiger partial charge in [-0.25, -0.2) is 4.98 Å². The molecule has 0 aliphatic carbocycles. The Kier molecular flexibility index (Phi) is 5.31. The molecule has 2 aromatic carbocycles. The first-order chi connectivity index (χ1) is 13.1. The van der Waals surface area contributed by atoms with Crippen LogP contribution < -0.4 is 9.47 Å². The lowest BCUT2D eigenvalue weighted by atomic mass is 10.1. The minimum absolute atomic E-state index is 0.0769. The highest BCUT2D eigenvalue weighted by Gasteiger charge is 2.25. The Labute approximate surface area is 170 Å². The first kappa shape index (κ1) is 18.3. The number of nitrogens with zero attached hydrogens (tertiary/aromatic N) is 2. The minimum atomic E-state index is 0.0769. The number of carbonyl (C=O) groups excluding carboxylic acids is 1. The second-order valence-corrected chi connectivity index (χ2v) is 8.34. The summed E-state index contributed by atoms with van der Waals surface area (Å²) in [4.78, 5) is 19.0. The van der Waals surface area contributed by atoms with E-state index in [9.17, 15) is 4.79 Å². The van der Waals surface area contributed by atoms with Crippen LogP contribution in [0.3, 0.4) is 0 Å². The molecule has 0 saturated carbocycles. The summed E-state index contributed by atoms with van der Waals surface area (Å²) in [6.07, 6.45) is 1.70. The van der Waals surface area contributed by atoms with Gasteiger partial charge in [0.05, 0.1) is 17.3 Å². The summed E-state index contributed by atoms with van der Waals surface area (Å²) in [5, 5.41) is 0.677. The van der Waals surface area contributed by atoms with Crippen LogP contribution in [0.2, 0.25) is 0 Å². The molecule has 7 heteroatoms. The lowest BCUT2D eigenvalue weighted by Crippen LogP contribution is -2.41. The molecule has 1 aliphatic heterocycles. The zero-order valence-electron chi connectivity index (χ0n) is 14.9. The van der Waals surface area contributed by atoms with Crippen molar-refractivity contribution in [1.29, 1.82) is 0 Å². The highest BCUT2D eigenvalue weighted by molar-refractivity contribution is 9.10. The highest BCUT2D eigenvalue weighted by atomic mass is 79.9. The summed E-state index contributed by atoms with van der Waals surface area (Å²) in [6, 6.07) is 13.3. The smallest absolute Gasteiger partial charge is 0.274 e. The SMILES string of the molecule is COc1ccc2nc(OC3CCN(C(=O)c4ccc(Br)cc4)CC3)sc2c1. The Hall–Kier alpha value is -2.12. The number of hydrogen-bond acceptors (Lipinski definition) is 5. The van der Waals surface area contributed by atoms with Gasteiger partial charge in [-0.15, -0.1) is 0 Å². The number of amides is 1. The van der Waals surface area contributed by atoms with Crippen LogP contribution in [0.1, 0.15) is 23.2 Å². The molecule has 1 saturated heterocycles. The van der Waals surface area contributed by atoms with Crippen molar-refractivity contribution in [3.8, 4) is 10.9 Å². The fourth-order valence-corrected chi connectivity index (χ4v) is 4.33. The number of methoxy groups -OCH3 is 1. The van der Waals surface area contributed by atoms with Crippen molar-refractivity contribution in [2.24, 2.45) is 0 Å². The molecule has 5 nitrogen and oxygen atoms in total. The minimum Gasteiger partial charge on any atom is -0.497 e. The molecule has 1 aliphatic rings. The van der Waals surface area contributed by atoms with Crippen molar-refractivity contribution in [2.45, 2.75) is 18.9 Å². The zero-order chi connectivity index (χ0) is 18.8. The maximum atomic E-state index is 12.6. The second-order valence-electron chi connectivity index (χ2n) is 6.43. The van der Waals surface area contributed by atoms with Crippen molar-refractivity contribution in [3.63, 3.8) is 0 Å². The fourth-order valence-electron chi connectivity index (χ4n) is 3.16. The van der Waals surface area contributed by atoms with Crippen LogP contribution in [0.15, 0.2) is 46.9 Å². The van der Waals surface area contributed by atoms with Gasteiger partial charge in [0, 0.05) is 36.0 Å². The van der Waals surface area contributed by atoms with Crippen LogP contribution in [0.5, 0.6) is 10.9 Å². The monoisotopic (exact) mass is 446 g/mol. The van der Waals surface area contributed by atoms with E-state index in [-0.39, 0.29) is 12.0 Å². The van der Waals surface area contributed by atoms with E-state index in [0.717, 1.165) is 38.8 Å². The number of hydrogen-bond donors (Lipinski definition) is 0. The third-order valence-corrected chi connectivity index (χ3v) is 6.10. The van der Waals surface area contributed by atoms with Crippen LogP contribution in [-0.2, 0) is 0 Å². The maximum absolute atomic E-state index is 12.6. The number of aromatic nitrogens is 1. The number of benzene rings is 2. The van der Waals surface area contributed by atoms with Gasteiger partial charge in [0.1, 0.15) is 11.9 Å². The number of rotatable bonds is 4. The van der Waals surface area contributed by atoms with Crippen molar-refractivity contribution in [3.05, 3.63) is 52.5 Å². The van der Waals surface area contributed by atoms with E-state index >= 15 is 0 Å². The van der Waals surface area contributed by atoms with Gasteiger partial charge in [-0.05, 0) is 42.5 Å². The van der Waals surface area contributed by atoms with E-state index in [4.69, 9.17) is 9.47 Å². The van der Waals surface area contributed by atoms with Crippen LogP contribution in [0.25, 0.3) is 10.2 Å². The Morgan fingerprint density at radius 3 is 2.63 bits per heavy atom. The van der Waals surface area contributed by atoms with Gasteiger partial charge in [0.15, 0.2) is 0 Å². The van der Waals surface area contributed by atoms with Gasteiger partial charge in [-0.1, -0.05) is 27.3 Å². The van der Waals surface area contributed by atoms with E-state index in [1.54, 1.807) is 7.11 Å². The molecule has 1 aromatic heterocycles.